The van der Waals surface area contributed by atoms with E-state index in [1.807, 2.05) is 28.9 Å². The van der Waals surface area contributed by atoms with Gasteiger partial charge in [-0.25, -0.2) is 14.5 Å². The molecule has 0 radical (unpaired) electrons. The van der Waals surface area contributed by atoms with Crippen molar-refractivity contribution in [2.24, 2.45) is 0 Å². The van der Waals surface area contributed by atoms with Gasteiger partial charge in [0.05, 0.1) is 11.9 Å². The molecule has 4 heterocycles. The molecule has 1 fully saturated rings. The zero-order valence-electron chi connectivity index (χ0n) is 16.6. The van der Waals surface area contributed by atoms with E-state index in [0.29, 0.717) is 12.1 Å². The molecule has 4 aromatic rings. The highest BCUT2D eigenvalue weighted by atomic mass is 16.3. The smallest absolute Gasteiger partial charge is 0.198 e. The number of anilines is 1. The minimum atomic E-state index is 0.179. The Balaban J connectivity index is 1.44. The molecule has 0 aliphatic carbocycles. The maximum absolute atomic E-state index is 9.84. The lowest BCUT2D eigenvalue weighted by molar-refractivity contribution is 0.177. The van der Waals surface area contributed by atoms with E-state index in [1.165, 1.54) is 0 Å². The SMILES string of the molecule is CC(C)N1CCC(Nc2ncc(-c3ccc4c(O)[nH]cc4c3)n3ncnc23)CC1. The van der Waals surface area contributed by atoms with Gasteiger partial charge in [0.25, 0.3) is 0 Å². The van der Waals surface area contributed by atoms with Gasteiger partial charge in [0.2, 0.25) is 0 Å². The first-order valence-corrected chi connectivity index (χ1v) is 10.1. The van der Waals surface area contributed by atoms with E-state index in [9.17, 15) is 5.11 Å². The van der Waals surface area contributed by atoms with Crippen LogP contribution in [0.4, 0.5) is 5.82 Å². The van der Waals surface area contributed by atoms with Crippen molar-refractivity contribution in [3.05, 3.63) is 36.9 Å². The standard InChI is InChI=1S/C21H25N7O/c1-13(2)27-7-5-16(6-8-27)26-19-20-24-12-25-28(20)18(11-22-19)14-3-4-17-15(9-14)10-23-21(17)29/h3-4,9-13,16,23,29H,5-8H2,1-2H3,(H,22,26). The van der Waals surface area contributed by atoms with Crippen LogP contribution < -0.4 is 5.32 Å². The van der Waals surface area contributed by atoms with Crippen molar-refractivity contribution in [2.75, 3.05) is 18.4 Å². The largest absolute Gasteiger partial charge is 0.494 e. The highest BCUT2D eigenvalue weighted by Crippen LogP contribution is 2.30. The summed E-state index contributed by atoms with van der Waals surface area (Å²) >= 11 is 0. The Morgan fingerprint density at radius 3 is 2.83 bits per heavy atom. The highest BCUT2D eigenvalue weighted by molar-refractivity contribution is 5.91. The molecule has 0 spiro atoms. The lowest BCUT2D eigenvalue weighted by atomic mass is 10.0. The first kappa shape index (κ1) is 17.9. The van der Waals surface area contributed by atoms with Gasteiger partial charge in [0.15, 0.2) is 17.3 Å². The van der Waals surface area contributed by atoms with Gasteiger partial charge in [-0.05, 0) is 38.8 Å². The zero-order chi connectivity index (χ0) is 20.0. The number of nitrogens with one attached hydrogen (secondary N) is 2. The van der Waals surface area contributed by atoms with Crippen molar-refractivity contribution in [2.45, 2.75) is 38.8 Å². The topological polar surface area (TPSA) is 94.4 Å². The summed E-state index contributed by atoms with van der Waals surface area (Å²) in [6, 6.07) is 6.86. The number of fused-ring (bicyclic) bond motifs is 2. The van der Waals surface area contributed by atoms with Crippen LogP contribution in [0.2, 0.25) is 0 Å². The molecule has 3 aromatic heterocycles. The molecule has 0 amide bonds. The van der Waals surface area contributed by atoms with Crippen LogP contribution in [0.1, 0.15) is 26.7 Å². The van der Waals surface area contributed by atoms with Crippen LogP contribution in [-0.4, -0.2) is 59.7 Å². The maximum atomic E-state index is 9.84. The lowest BCUT2D eigenvalue weighted by Crippen LogP contribution is -2.42. The van der Waals surface area contributed by atoms with E-state index < -0.39 is 0 Å². The van der Waals surface area contributed by atoms with Crippen LogP contribution in [0.5, 0.6) is 5.88 Å². The first-order valence-electron chi connectivity index (χ1n) is 10.1. The van der Waals surface area contributed by atoms with Crippen molar-refractivity contribution in [3.8, 4) is 17.1 Å². The summed E-state index contributed by atoms with van der Waals surface area (Å²) in [5.41, 5.74) is 2.56. The minimum Gasteiger partial charge on any atom is -0.494 e. The number of aromatic nitrogens is 5. The molecule has 1 saturated heterocycles. The summed E-state index contributed by atoms with van der Waals surface area (Å²) in [6.07, 6.45) is 7.37. The first-order chi connectivity index (χ1) is 14.1. The maximum Gasteiger partial charge on any atom is 0.198 e. The van der Waals surface area contributed by atoms with Crippen molar-refractivity contribution >= 4 is 22.2 Å². The van der Waals surface area contributed by atoms with Crippen LogP contribution in [0.25, 0.3) is 27.7 Å². The molecule has 1 aliphatic heterocycles. The van der Waals surface area contributed by atoms with E-state index >= 15 is 0 Å². The molecule has 150 valence electrons. The third-order valence-electron chi connectivity index (χ3n) is 5.87. The molecular weight excluding hydrogens is 366 g/mol. The van der Waals surface area contributed by atoms with Gasteiger partial charge in [0.1, 0.15) is 6.33 Å². The molecule has 8 heteroatoms. The number of likely N-dealkylation sites (tertiary alicyclic amines) is 1. The number of aromatic amines is 1. The Morgan fingerprint density at radius 2 is 2.03 bits per heavy atom. The van der Waals surface area contributed by atoms with Gasteiger partial charge in [-0.3, -0.25) is 0 Å². The monoisotopic (exact) mass is 391 g/mol. The summed E-state index contributed by atoms with van der Waals surface area (Å²) in [7, 11) is 0. The lowest BCUT2D eigenvalue weighted by Gasteiger charge is -2.35. The van der Waals surface area contributed by atoms with Crippen LogP contribution in [0.3, 0.4) is 0 Å². The number of rotatable bonds is 4. The fourth-order valence-corrected chi connectivity index (χ4v) is 4.15. The molecular formula is C21H25N7O. The number of aromatic hydroxyl groups is 1. The fourth-order valence-electron chi connectivity index (χ4n) is 4.15. The summed E-state index contributed by atoms with van der Waals surface area (Å²) in [5.74, 6) is 0.952. The van der Waals surface area contributed by atoms with Gasteiger partial charge in [0, 0.05) is 47.7 Å². The van der Waals surface area contributed by atoms with E-state index in [4.69, 9.17) is 0 Å². The Labute approximate surface area is 168 Å². The van der Waals surface area contributed by atoms with Crippen LogP contribution in [0, 0.1) is 0 Å². The quantitative estimate of drug-likeness (QED) is 0.494. The number of hydrogen-bond acceptors (Lipinski definition) is 6. The predicted octanol–water partition coefficient (Wildman–Crippen LogP) is 3.26. The molecule has 29 heavy (non-hydrogen) atoms. The second-order valence-electron chi connectivity index (χ2n) is 7.98. The Kier molecular flexibility index (Phi) is 4.35. The molecule has 1 aromatic carbocycles. The third kappa shape index (κ3) is 3.19. The van der Waals surface area contributed by atoms with E-state index in [2.05, 4.69) is 44.1 Å². The van der Waals surface area contributed by atoms with Gasteiger partial charge in [-0.15, -0.1) is 0 Å². The molecule has 8 nitrogen and oxygen atoms in total. The summed E-state index contributed by atoms with van der Waals surface area (Å²) in [5, 5.41) is 19.6. The fraction of sp³-hybridized carbons (Fsp3) is 0.381. The molecule has 3 N–H and O–H groups in total. The summed E-state index contributed by atoms with van der Waals surface area (Å²) < 4.78 is 1.83. The molecule has 0 unspecified atom stereocenters. The second-order valence-corrected chi connectivity index (χ2v) is 7.98. The van der Waals surface area contributed by atoms with Crippen LogP contribution in [0.15, 0.2) is 36.9 Å². The molecule has 5 rings (SSSR count). The average molecular weight is 391 g/mol. The Hall–Kier alpha value is -3.13. The second kappa shape index (κ2) is 7.04. The number of hydrogen-bond donors (Lipinski definition) is 3. The number of nitrogens with zero attached hydrogens (tertiary/aromatic N) is 5. The van der Waals surface area contributed by atoms with Gasteiger partial charge in [-0.2, -0.15) is 5.10 Å². The zero-order valence-corrected chi connectivity index (χ0v) is 16.6. The third-order valence-corrected chi connectivity index (χ3v) is 5.87. The molecule has 0 atom stereocenters. The van der Waals surface area contributed by atoms with Crippen molar-refractivity contribution in [3.63, 3.8) is 0 Å². The number of piperidine rings is 1. The van der Waals surface area contributed by atoms with Crippen molar-refractivity contribution in [1.82, 2.24) is 29.5 Å². The van der Waals surface area contributed by atoms with E-state index in [0.717, 1.165) is 59.4 Å². The Bertz CT molecular complexity index is 1150. The number of H-pyrrole nitrogens is 1. The summed E-state index contributed by atoms with van der Waals surface area (Å²) in [4.78, 5) is 14.5. The van der Waals surface area contributed by atoms with Crippen molar-refractivity contribution in [1.29, 1.82) is 0 Å². The van der Waals surface area contributed by atoms with E-state index in [-0.39, 0.29) is 5.88 Å². The molecule has 1 aliphatic rings. The predicted molar refractivity (Wildman–Crippen MR) is 113 cm³/mol. The highest BCUT2D eigenvalue weighted by Gasteiger charge is 2.22. The van der Waals surface area contributed by atoms with Gasteiger partial charge >= 0.3 is 0 Å². The minimum absolute atomic E-state index is 0.179. The Morgan fingerprint density at radius 1 is 1.21 bits per heavy atom. The van der Waals surface area contributed by atoms with Crippen molar-refractivity contribution < 1.29 is 5.11 Å². The summed E-state index contributed by atoms with van der Waals surface area (Å²) in [6.45, 7) is 6.69. The number of benzene rings is 1. The van der Waals surface area contributed by atoms with Gasteiger partial charge in [-0.1, -0.05) is 6.07 Å². The average Bonchev–Trinajstić information content (AvgIpc) is 3.36. The molecule has 0 saturated carbocycles. The van der Waals surface area contributed by atoms with Crippen LogP contribution >= 0.6 is 0 Å². The normalized spacial score (nSPS) is 16.2. The van der Waals surface area contributed by atoms with E-state index in [1.54, 1.807) is 12.5 Å². The molecule has 0 bridgehead atoms. The van der Waals surface area contributed by atoms with Crippen LogP contribution in [-0.2, 0) is 0 Å². The van der Waals surface area contributed by atoms with Gasteiger partial charge < -0.3 is 20.3 Å².